The van der Waals surface area contributed by atoms with Gasteiger partial charge in [-0.05, 0) is 19.8 Å². The number of carboxylic acids is 1. The summed E-state index contributed by atoms with van der Waals surface area (Å²) in [5.41, 5.74) is 0. The molecule has 1 aliphatic heterocycles. The van der Waals surface area contributed by atoms with Crippen molar-refractivity contribution in [2.45, 2.75) is 19.8 Å². The number of carbonyl (C=O) groups excluding carboxylic acids is 1. The van der Waals surface area contributed by atoms with E-state index in [0.29, 0.717) is 32.5 Å². The number of amides is 2. The molecule has 0 saturated carbocycles. The number of urea groups is 1. The van der Waals surface area contributed by atoms with Crippen molar-refractivity contribution >= 4 is 12.0 Å². The Bertz CT molecular complexity index is 322. The number of hydrogen-bond donors (Lipinski definition) is 2. The Kier molecular flexibility index (Phi) is 4.65. The molecule has 0 radical (unpaired) electrons. The van der Waals surface area contributed by atoms with Gasteiger partial charge in [0.15, 0.2) is 0 Å². The van der Waals surface area contributed by atoms with Crippen LogP contribution in [-0.2, 0) is 4.79 Å². The predicted octanol–water partition coefficient (Wildman–Crippen LogP) is 0.516. The summed E-state index contributed by atoms with van der Waals surface area (Å²) >= 11 is 0. The van der Waals surface area contributed by atoms with Gasteiger partial charge in [-0.3, -0.25) is 4.79 Å². The first kappa shape index (κ1) is 12.4. The molecule has 0 aromatic carbocycles. The van der Waals surface area contributed by atoms with Crippen LogP contribution in [0.3, 0.4) is 0 Å². The second-order valence-corrected chi connectivity index (χ2v) is 3.69. The van der Waals surface area contributed by atoms with E-state index in [1.54, 1.807) is 11.8 Å². The minimum absolute atomic E-state index is 0.161. The van der Waals surface area contributed by atoms with Crippen LogP contribution < -0.4 is 5.32 Å². The van der Waals surface area contributed by atoms with E-state index in [4.69, 9.17) is 5.11 Å². The monoisotopic (exact) mass is 224 g/mol. The SMILES string of the molecule is CC#CCNC(=O)N1CCC(C(=O)O)CC1. The van der Waals surface area contributed by atoms with E-state index in [0.717, 1.165) is 0 Å². The summed E-state index contributed by atoms with van der Waals surface area (Å²) in [5, 5.41) is 11.5. The summed E-state index contributed by atoms with van der Waals surface area (Å²) in [6.45, 7) is 3.06. The molecule has 1 aliphatic rings. The van der Waals surface area contributed by atoms with Crippen LogP contribution in [0.5, 0.6) is 0 Å². The Labute approximate surface area is 94.8 Å². The molecule has 1 saturated heterocycles. The van der Waals surface area contributed by atoms with Crippen LogP contribution in [0.1, 0.15) is 19.8 Å². The lowest BCUT2D eigenvalue weighted by Gasteiger charge is -2.29. The van der Waals surface area contributed by atoms with Crippen LogP contribution in [-0.4, -0.2) is 41.6 Å². The smallest absolute Gasteiger partial charge is 0.318 e. The zero-order valence-corrected chi connectivity index (χ0v) is 9.32. The van der Waals surface area contributed by atoms with Crippen molar-refractivity contribution < 1.29 is 14.7 Å². The highest BCUT2D eigenvalue weighted by atomic mass is 16.4. The minimum Gasteiger partial charge on any atom is -0.481 e. The summed E-state index contributed by atoms with van der Waals surface area (Å²) in [6.07, 6.45) is 1.06. The number of nitrogens with zero attached hydrogens (tertiary/aromatic N) is 1. The molecule has 0 unspecified atom stereocenters. The van der Waals surface area contributed by atoms with Gasteiger partial charge in [-0.15, -0.1) is 5.92 Å². The lowest BCUT2D eigenvalue weighted by Crippen LogP contribution is -2.45. The molecular formula is C11H16N2O3. The number of piperidine rings is 1. The van der Waals surface area contributed by atoms with Crippen LogP contribution in [0.4, 0.5) is 4.79 Å². The van der Waals surface area contributed by atoms with Gasteiger partial charge in [0.2, 0.25) is 0 Å². The van der Waals surface area contributed by atoms with E-state index in [1.807, 2.05) is 0 Å². The van der Waals surface area contributed by atoms with Gasteiger partial charge in [-0.25, -0.2) is 4.79 Å². The van der Waals surface area contributed by atoms with Crippen LogP contribution in [0.25, 0.3) is 0 Å². The van der Waals surface area contributed by atoms with Gasteiger partial charge in [0.05, 0.1) is 12.5 Å². The number of carboxylic acid groups (broad SMARTS) is 1. The fourth-order valence-electron chi connectivity index (χ4n) is 1.65. The highest BCUT2D eigenvalue weighted by Gasteiger charge is 2.26. The highest BCUT2D eigenvalue weighted by molar-refractivity contribution is 5.75. The molecule has 1 rings (SSSR count). The average molecular weight is 224 g/mol. The predicted molar refractivity (Wildman–Crippen MR) is 58.8 cm³/mol. The quantitative estimate of drug-likeness (QED) is 0.672. The van der Waals surface area contributed by atoms with Crippen molar-refractivity contribution in [3.63, 3.8) is 0 Å². The molecule has 2 amide bonds. The van der Waals surface area contributed by atoms with Crippen molar-refractivity contribution in [3.8, 4) is 11.8 Å². The fourth-order valence-corrected chi connectivity index (χ4v) is 1.65. The molecule has 0 aliphatic carbocycles. The van der Waals surface area contributed by atoms with E-state index in [9.17, 15) is 9.59 Å². The molecule has 1 heterocycles. The van der Waals surface area contributed by atoms with Gasteiger partial charge in [0.1, 0.15) is 0 Å². The Morgan fingerprint density at radius 2 is 2.06 bits per heavy atom. The third-order valence-corrected chi connectivity index (χ3v) is 2.64. The second kappa shape index (κ2) is 6.01. The number of carbonyl (C=O) groups is 2. The van der Waals surface area contributed by atoms with Crippen LogP contribution >= 0.6 is 0 Å². The molecule has 16 heavy (non-hydrogen) atoms. The van der Waals surface area contributed by atoms with Crippen molar-refractivity contribution in [2.24, 2.45) is 5.92 Å². The summed E-state index contributed by atoms with van der Waals surface area (Å²) in [4.78, 5) is 23.9. The van der Waals surface area contributed by atoms with Crippen molar-refractivity contribution in [1.29, 1.82) is 0 Å². The van der Waals surface area contributed by atoms with Gasteiger partial charge in [0.25, 0.3) is 0 Å². The largest absolute Gasteiger partial charge is 0.481 e. The number of aliphatic carboxylic acids is 1. The first-order chi connectivity index (χ1) is 7.65. The van der Waals surface area contributed by atoms with E-state index in [1.165, 1.54) is 0 Å². The van der Waals surface area contributed by atoms with E-state index < -0.39 is 5.97 Å². The Hall–Kier alpha value is -1.70. The first-order valence-electron chi connectivity index (χ1n) is 5.30. The van der Waals surface area contributed by atoms with Gasteiger partial charge in [-0.1, -0.05) is 5.92 Å². The molecule has 0 aromatic heterocycles. The molecule has 0 aromatic rings. The zero-order chi connectivity index (χ0) is 12.0. The van der Waals surface area contributed by atoms with Crippen LogP contribution in [0, 0.1) is 17.8 Å². The lowest BCUT2D eigenvalue weighted by atomic mass is 9.97. The standard InChI is InChI=1S/C11H16N2O3/c1-2-3-6-12-11(16)13-7-4-9(5-8-13)10(14)15/h9H,4-8H2,1H3,(H,12,16)(H,14,15). The van der Waals surface area contributed by atoms with Gasteiger partial charge < -0.3 is 15.3 Å². The van der Waals surface area contributed by atoms with Crippen LogP contribution in [0.15, 0.2) is 0 Å². The molecule has 0 atom stereocenters. The molecule has 0 spiro atoms. The maximum atomic E-state index is 11.5. The van der Waals surface area contributed by atoms with Gasteiger partial charge in [-0.2, -0.15) is 0 Å². The fraction of sp³-hybridized carbons (Fsp3) is 0.636. The average Bonchev–Trinajstić information content (AvgIpc) is 2.29. The first-order valence-corrected chi connectivity index (χ1v) is 5.30. The molecule has 5 nitrogen and oxygen atoms in total. The number of nitrogens with one attached hydrogen (secondary N) is 1. The van der Waals surface area contributed by atoms with Crippen LogP contribution in [0.2, 0.25) is 0 Å². The van der Waals surface area contributed by atoms with E-state index in [-0.39, 0.29) is 11.9 Å². The molecule has 88 valence electrons. The molecule has 2 N–H and O–H groups in total. The van der Waals surface area contributed by atoms with Gasteiger partial charge in [0, 0.05) is 13.1 Å². The minimum atomic E-state index is -0.767. The molecule has 0 bridgehead atoms. The number of rotatable bonds is 2. The Morgan fingerprint density at radius 3 is 2.56 bits per heavy atom. The third-order valence-electron chi connectivity index (χ3n) is 2.64. The summed E-state index contributed by atoms with van der Waals surface area (Å²) < 4.78 is 0. The third kappa shape index (κ3) is 3.46. The summed E-state index contributed by atoms with van der Waals surface area (Å²) in [5.74, 6) is 4.36. The normalized spacial score (nSPS) is 16.2. The van der Waals surface area contributed by atoms with Crippen molar-refractivity contribution in [1.82, 2.24) is 10.2 Å². The Morgan fingerprint density at radius 1 is 1.44 bits per heavy atom. The maximum Gasteiger partial charge on any atom is 0.318 e. The topological polar surface area (TPSA) is 69.6 Å². The second-order valence-electron chi connectivity index (χ2n) is 3.69. The van der Waals surface area contributed by atoms with E-state index >= 15 is 0 Å². The summed E-state index contributed by atoms with van der Waals surface area (Å²) in [6, 6.07) is -0.161. The number of hydrogen-bond acceptors (Lipinski definition) is 2. The molecule has 5 heteroatoms. The molecular weight excluding hydrogens is 208 g/mol. The number of likely N-dealkylation sites (tertiary alicyclic amines) is 1. The van der Waals surface area contributed by atoms with Crippen molar-refractivity contribution in [3.05, 3.63) is 0 Å². The maximum absolute atomic E-state index is 11.5. The van der Waals surface area contributed by atoms with Crippen molar-refractivity contribution in [2.75, 3.05) is 19.6 Å². The summed E-state index contributed by atoms with van der Waals surface area (Å²) in [7, 11) is 0. The van der Waals surface area contributed by atoms with E-state index in [2.05, 4.69) is 17.2 Å². The lowest BCUT2D eigenvalue weighted by molar-refractivity contribution is -0.143. The van der Waals surface area contributed by atoms with Gasteiger partial charge >= 0.3 is 12.0 Å². The molecule has 1 fully saturated rings. The highest BCUT2D eigenvalue weighted by Crippen LogP contribution is 2.16. The Balaban J connectivity index is 2.32. The zero-order valence-electron chi connectivity index (χ0n) is 9.32.